The number of amides is 1. The summed E-state index contributed by atoms with van der Waals surface area (Å²) >= 11 is 0. The molecule has 2 aromatic rings. The Morgan fingerprint density at radius 3 is 2.64 bits per heavy atom. The van der Waals surface area contributed by atoms with Gasteiger partial charge in [0.25, 0.3) is 5.91 Å². The Morgan fingerprint density at radius 1 is 1.21 bits per heavy atom. The number of esters is 1. The van der Waals surface area contributed by atoms with Crippen LogP contribution in [0.25, 0.3) is 11.0 Å². The summed E-state index contributed by atoms with van der Waals surface area (Å²) in [6, 6.07) is 5.16. The van der Waals surface area contributed by atoms with E-state index in [2.05, 4.69) is 5.32 Å². The number of aryl methyl sites for hydroxylation is 1. The predicted octanol–water partition coefficient (Wildman–Crippen LogP) is 2.51. The zero-order valence-corrected chi connectivity index (χ0v) is 16.6. The third-order valence-electron chi connectivity index (χ3n) is 4.48. The van der Waals surface area contributed by atoms with Gasteiger partial charge in [-0.1, -0.05) is 0 Å². The van der Waals surface area contributed by atoms with Gasteiger partial charge in [-0.05, 0) is 64.7 Å². The average Bonchev–Trinajstić information content (AvgIpc) is 3.09. The molecule has 1 heterocycles. The fourth-order valence-corrected chi connectivity index (χ4v) is 3.25. The van der Waals surface area contributed by atoms with Gasteiger partial charge in [0.1, 0.15) is 11.3 Å². The minimum absolute atomic E-state index is 0.310. The maximum Gasteiger partial charge on any atom is 0.344 e. The van der Waals surface area contributed by atoms with Gasteiger partial charge < -0.3 is 19.2 Å². The van der Waals surface area contributed by atoms with Gasteiger partial charge >= 0.3 is 11.6 Å². The Kier molecular flexibility index (Phi) is 5.45. The largest absolute Gasteiger partial charge is 0.482 e. The van der Waals surface area contributed by atoms with Crippen molar-refractivity contribution >= 4 is 22.8 Å². The molecule has 7 heteroatoms. The molecule has 1 aromatic carbocycles. The molecule has 7 nitrogen and oxygen atoms in total. The third-order valence-corrected chi connectivity index (χ3v) is 4.48. The molecule has 0 radical (unpaired) electrons. The number of carbonyl (C=O) groups excluding carboxylic acids is 2. The normalized spacial score (nSPS) is 14.4. The molecule has 1 amide bonds. The molecule has 3 rings (SSSR count). The second-order valence-electron chi connectivity index (χ2n) is 8.02. The quantitative estimate of drug-likeness (QED) is 0.626. The number of ether oxygens (including phenoxy) is 2. The zero-order chi connectivity index (χ0) is 20.5. The summed E-state index contributed by atoms with van der Waals surface area (Å²) in [5.41, 5.74) is 1.51. The van der Waals surface area contributed by atoms with Crippen molar-refractivity contribution in [3.63, 3.8) is 0 Å². The van der Waals surface area contributed by atoms with Crippen LogP contribution in [0.1, 0.15) is 45.2 Å². The highest BCUT2D eigenvalue weighted by molar-refractivity contribution is 5.85. The van der Waals surface area contributed by atoms with Crippen LogP contribution in [0.4, 0.5) is 0 Å². The Bertz CT molecular complexity index is 969. The van der Waals surface area contributed by atoms with Gasteiger partial charge in [0.05, 0.1) is 0 Å². The molecule has 0 aliphatic heterocycles. The summed E-state index contributed by atoms with van der Waals surface area (Å²) in [4.78, 5) is 36.0. The Labute approximate surface area is 163 Å². The van der Waals surface area contributed by atoms with Crippen LogP contribution in [0, 0.1) is 0 Å². The highest BCUT2D eigenvalue weighted by Gasteiger charge is 2.23. The summed E-state index contributed by atoms with van der Waals surface area (Å²) < 4.78 is 15.9. The van der Waals surface area contributed by atoms with Crippen molar-refractivity contribution in [2.45, 2.75) is 58.6 Å². The van der Waals surface area contributed by atoms with Gasteiger partial charge in [0, 0.05) is 22.6 Å². The van der Waals surface area contributed by atoms with Crippen molar-refractivity contribution in [1.29, 1.82) is 0 Å². The van der Waals surface area contributed by atoms with Crippen LogP contribution in [0.15, 0.2) is 27.4 Å². The second-order valence-corrected chi connectivity index (χ2v) is 8.02. The van der Waals surface area contributed by atoms with E-state index in [1.54, 1.807) is 12.1 Å². The molecule has 1 aromatic heterocycles. The molecule has 1 N–H and O–H groups in total. The van der Waals surface area contributed by atoms with Gasteiger partial charge in [-0.2, -0.15) is 0 Å². The monoisotopic (exact) mass is 387 g/mol. The van der Waals surface area contributed by atoms with Crippen molar-refractivity contribution in [3.05, 3.63) is 39.7 Å². The van der Waals surface area contributed by atoms with E-state index in [0.29, 0.717) is 11.3 Å². The molecule has 0 spiro atoms. The molecular weight excluding hydrogens is 362 g/mol. The van der Waals surface area contributed by atoms with E-state index >= 15 is 0 Å². The molecular formula is C21H25NO6. The fourth-order valence-electron chi connectivity index (χ4n) is 3.25. The molecule has 28 heavy (non-hydrogen) atoms. The lowest BCUT2D eigenvalue weighted by molar-refractivity contribution is -0.157. The van der Waals surface area contributed by atoms with E-state index < -0.39 is 17.6 Å². The van der Waals surface area contributed by atoms with Crippen LogP contribution in [0.5, 0.6) is 5.75 Å². The smallest absolute Gasteiger partial charge is 0.344 e. The molecule has 0 bridgehead atoms. The van der Waals surface area contributed by atoms with Crippen LogP contribution in [0.3, 0.4) is 0 Å². The van der Waals surface area contributed by atoms with E-state index in [1.165, 1.54) is 6.92 Å². The van der Waals surface area contributed by atoms with Crippen LogP contribution in [-0.2, 0) is 27.2 Å². The lowest BCUT2D eigenvalue weighted by Crippen LogP contribution is -2.46. The topological polar surface area (TPSA) is 94.8 Å². The fraction of sp³-hybridized carbons (Fsp3) is 0.476. The molecule has 0 saturated heterocycles. The lowest BCUT2D eigenvalue weighted by atomic mass is 10.1. The SMILES string of the molecule is C[C@@H](OC(=O)COc1ccc2c3c(c(=O)oc2c1)CCC3)C(=O)NC(C)(C)C. The molecule has 1 aliphatic rings. The Hall–Kier alpha value is -2.83. The van der Waals surface area contributed by atoms with E-state index in [-0.39, 0.29) is 18.1 Å². The predicted molar refractivity (Wildman–Crippen MR) is 103 cm³/mol. The number of hydrogen-bond acceptors (Lipinski definition) is 6. The highest BCUT2D eigenvalue weighted by atomic mass is 16.6. The van der Waals surface area contributed by atoms with Crippen molar-refractivity contribution in [1.82, 2.24) is 5.32 Å². The summed E-state index contributed by atoms with van der Waals surface area (Å²) in [6.45, 7) is 6.68. The first-order chi connectivity index (χ1) is 13.1. The number of fused-ring (bicyclic) bond motifs is 3. The van der Waals surface area contributed by atoms with Crippen molar-refractivity contribution in [2.24, 2.45) is 0 Å². The van der Waals surface area contributed by atoms with E-state index in [9.17, 15) is 14.4 Å². The van der Waals surface area contributed by atoms with Gasteiger partial charge in [0.2, 0.25) is 0 Å². The van der Waals surface area contributed by atoms with Crippen LogP contribution in [-0.4, -0.2) is 30.1 Å². The van der Waals surface area contributed by atoms with Crippen molar-refractivity contribution in [2.75, 3.05) is 6.61 Å². The Balaban J connectivity index is 1.62. The van der Waals surface area contributed by atoms with E-state index in [0.717, 1.165) is 35.8 Å². The van der Waals surface area contributed by atoms with Gasteiger partial charge in [-0.3, -0.25) is 4.79 Å². The second kappa shape index (κ2) is 7.66. The number of rotatable bonds is 5. The summed E-state index contributed by atoms with van der Waals surface area (Å²) in [7, 11) is 0. The molecule has 0 unspecified atom stereocenters. The maximum absolute atomic E-state index is 12.1. The average molecular weight is 387 g/mol. The molecule has 1 aliphatic carbocycles. The Morgan fingerprint density at radius 2 is 1.93 bits per heavy atom. The maximum atomic E-state index is 12.1. The van der Waals surface area contributed by atoms with Crippen LogP contribution < -0.4 is 15.7 Å². The van der Waals surface area contributed by atoms with Gasteiger partial charge in [0.15, 0.2) is 12.7 Å². The van der Waals surface area contributed by atoms with Gasteiger partial charge in [-0.25, -0.2) is 9.59 Å². The van der Waals surface area contributed by atoms with Crippen molar-refractivity contribution < 1.29 is 23.5 Å². The minimum Gasteiger partial charge on any atom is -0.482 e. The highest BCUT2D eigenvalue weighted by Crippen LogP contribution is 2.29. The molecule has 1 atom stereocenters. The summed E-state index contributed by atoms with van der Waals surface area (Å²) in [6.07, 6.45) is 1.63. The summed E-state index contributed by atoms with van der Waals surface area (Å²) in [5.74, 6) is -0.647. The number of benzene rings is 1. The lowest BCUT2D eigenvalue weighted by Gasteiger charge is -2.23. The first-order valence-electron chi connectivity index (χ1n) is 9.37. The van der Waals surface area contributed by atoms with Crippen LogP contribution >= 0.6 is 0 Å². The first-order valence-corrected chi connectivity index (χ1v) is 9.37. The molecule has 0 saturated carbocycles. The van der Waals surface area contributed by atoms with Crippen molar-refractivity contribution in [3.8, 4) is 5.75 Å². The van der Waals surface area contributed by atoms with E-state index in [4.69, 9.17) is 13.9 Å². The first kappa shape index (κ1) is 19.9. The van der Waals surface area contributed by atoms with Gasteiger partial charge in [-0.15, -0.1) is 0 Å². The van der Waals surface area contributed by atoms with E-state index in [1.807, 2.05) is 26.8 Å². The number of carbonyl (C=O) groups is 2. The summed E-state index contributed by atoms with van der Waals surface area (Å²) in [5, 5.41) is 3.64. The minimum atomic E-state index is -0.924. The molecule has 150 valence electrons. The number of hydrogen-bond donors (Lipinski definition) is 1. The standard InChI is InChI=1S/C21H25NO6/c1-12(19(24)22-21(2,3)4)27-18(23)11-26-13-8-9-15-14-6-5-7-16(14)20(25)28-17(15)10-13/h8-10,12H,5-7,11H2,1-4H3,(H,22,24)/t12-/m1/s1. The molecule has 0 fully saturated rings. The van der Waals surface area contributed by atoms with Crippen LogP contribution in [0.2, 0.25) is 0 Å². The number of nitrogens with one attached hydrogen (secondary N) is 1. The zero-order valence-electron chi connectivity index (χ0n) is 16.6. The third kappa shape index (κ3) is 4.52.